The van der Waals surface area contributed by atoms with Crippen LogP contribution in [0.5, 0.6) is 0 Å². The summed E-state index contributed by atoms with van der Waals surface area (Å²) in [4.78, 5) is 0. The van der Waals surface area contributed by atoms with Gasteiger partial charge in [-0.05, 0) is 26.2 Å². The predicted molar refractivity (Wildman–Crippen MR) is 58.1 cm³/mol. The number of hydrogen-bond acceptors (Lipinski definition) is 3. The molecule has 1 aliphatic carbocycles. The standard InChI is InChI=1S/C11H17F6NO2/c1-9(6-19,18-7-2-3-7)4-5-20-8(10(12,13)14)11(15,16)17/h7-8,18-19H,2-6H2,1H3. The zero-order valence-corrected chi connectivity index (χ0v) is 10.8. The lowest BCUT2D eigenvalue weighted by atomic mass is 9.99. The van der Waals surface area contributed by atoms with E-state index in [1.54, 1.807) is 0 Å². The Morgan fingerprint density at radius 1 is 1.15 bits per heavy atom. The van der Waals surface area contributed by atoms with Gasteiger partial charge < -0.3 is 15.2 Å². The van der Waals surface area contributed by atoms with Gasteiger partial charge in [-0.2, -0.15) is 26.3 Å². The van der Waals surface area contributed by atoms with Gasteiger partial charge in [0.1, 0.15) is 0 Å². The fourth-order valence-corrected chi connectivity index (χ4v) is 1.69. The maximum Gasteiger partial charge on any atom is 0.423 e. The summed E-state index contributed by atoms with van der Waals surface area (Å²) in [6.45, 7) is 0.390. The maximum absolute atomic E-state index is 12.2. The van der Waals surface area contributed by atoms with Gasteiger partial charge in [-0.3, -0.25) is 0 Å². The summed E-state index contributed by atoms with van der Waals surface area (Å²) in [6, 6.07) is 0.160. The van der Waals surface area contributed by atoms with Crippen LogP contribution in [0.4, 0.5) is 26.3 Å². The molecular formula is C11H17F6NO2. The number of rotatable bonds is 7. The Morgan fingerprint density at radius 3 is 2.00 bits per heavy atom. The van der Waals surface area contributed by atoms with Crippen molar-refractivity contribution in [3.05, 3.63) is 0 Å². The summed E-state index contributed by atoms with van der Waals surface area (Å²) < 4.78 is 77.3. The summed E-state index contributed by atoms with van der Waals surface area (Å²) in [5.74, 6) is 0. The van der Waals surface area contributed by atoms with E-state index in [2.05, 4.69) is 10.1 Å². The molecule has 0 spiro atoms. The van der Waals surface area contributed by atoms with E-state index < -0.39 is 37.2 Å². The minimum absolute atomic E-state index is 0.150. The number of halogens is 6. The molecular weight excluding hydrogens is 292 g/mol. The fraction of sp³-hybridized carbons (Fsp3) is 1.00. The average molecular weight is 309 g/mol. The average Bonchev–Trinajstić information content (AvgIpc) is 3.04. The van der Waals surface area contributed by atoms with E-state index in [1.807, 2.05) is 0 Å². The van der Waals surface area contributed by atoms with Gasteiger partial charge in [0.25, 0.3) is 0 Å². The van der Waals surface area contributed by atoms with Crippen LogP contribution in [0.1, 0.15) is 26.2 Å². The van der Waals surface area contributed by atoms with Crippen LogP contribution in [-0.4, -0.2) is 48.4 Å². The second kappa shape index (κ2) is 6.07. The number of alkyl halides is 6. The summed E-state index contributed by atoms with van der Waals surface area (Å²) in [7, 11) is 0. The smallest absolute Gasteiger partial charge is 0.394 e. The molecule has 1 fully saturated rings. The van der Waals surface area contributed by atoms with Crippen LogP contribution in [0.2, 0.25) is 0 Å². The van der Waals surface area contributed by atoms with Crippen LogP contribution in [0.25, 0.3) is 0 Å². The molecule has 1 rings (SSSR count). The van der Waals surface area contributed by atoms with Crippen LogP contribution in [0.3, 0.4) is 0 Å². The molecule has 1 atom stereocenters. The highest BCUT2D eigenvalue weighted by atomic mass is 19.4. The monoisotopic (exact) mass is 309 g/mol. The van der Waals surface area contributed by atoms with Gasteiger partial charge in [-0.15, -0.1) is 0 Å². The molecule has 120 valence electrons. The number of hydrogen-bond donors (Lipinski definition) is 2. The second-order valence-electron chi connectivity index (χ2n) is 5.22. The lowest BCUT2D eigenvalue weighted by molar-refractivity contribution is -0.322. The molecule has 0 aliphatic heterocycles. The highest BCUT2D eigenvalue weighted by Gasteiger charge is 2.58. The summed E-state index contributed by atoms with van der Waals surface area (Å²) >= 11 is 0. The molecule has 0 bridgehead atoms. The summed E-state index contributed by atoms with van der Waals surface area (Å²) in [5.41, 5.74) is -0.942. The predicted octanol–water partition coefficient (Wildman–Crippen LogP) is 2.39. The van der Waals surface area contributed by atoms with Crippen molar-refractivity contribution in [3.63, 3.8) is 0 Å². The van der Waals surface area contributed by atoms with Crippen molar-refractivity contribution in [1.82, 2.24) is 5.32 Å². The highest BCUT2D eigenvalue weighted by Crippen LogP contribution is 2.36. The molecule has 20 heavy (non-hydrogen) atoms. The van der Waals surface area contributed by atoms with Crippen molar-refractivity contribution in [3.8, 4) is 0 Å². The van der Waals surface area contributed by atoms with Crippen LogP contribution in [0.15, 0.2) is 0 Å². The minimum atomic E-state index is -5.50. The first-order chi connectivity index (χ1) is 8.98. The molecule has 1 aliphatic rings. The molecule has 0 aromatic heterocycles. The Kier molecular flexibility index (Phi) is 5.31. The molecule has 0 aromatic carbocycles. The minimum Gasteiger partial charge on any atom is -0.394 e. The van der Waals surface area contributed by atoms with E-state index >= 15 is 0 Å². The molecule has 3 nitrogen and oxygen atoms in total. The van der Waals surface area contributed by atoms with E-state index in [9.17, 15) is 31.4 Å². The zero-order chi connectivity index (χ0) is 15.6. The summed E-state index contributed by atoms with van der Waals surface area (Å²) in [6.07, 6.45) is -13.2. The van der Waals surface area contributed by atoms with Crippen molar-refractivity contribution in [2.75, 3.05) is 13.2 Å². The molecule has 1 unspecified atom stereocenters. The lowest BCUT2D eigenvalue weighted by Crippen LogP contribution is -2.49. The Morgan fingerprint density at radius 2 is 1.65 bits per heavy atom. The largest absolute Gasteiger partial charge is 0.423 e. The Hall–Kier alpha value is -0.540. The quantitative estimate of drug-likeness (QED) is 0.710. The number of aliphatic hydroxyl groups excluding tert-OH is 1. The van der Waals surface area contributed by atoms with Gasteiger partial charge in [-0.1, -0.05) is 0 Å². The van der Waals surface area contributed by atoms with Gasteiger partial charge in [0.05, 0.1) is 6.61 Å². The topological polar surface area (TPSA) is 41.5 Å². The van der Waals surface area contributed by atoms with Gasteiger partial charge >= 0.3 is 12.4 Å². The van der Waals surface area contributed by atoms with Crippen LogP contribution in [0, 0.1) is 0 Å². The first kappa shape index (κ1) is 17.5. The molecule has 1 saturated carbocycles. The van der Waals surface area contributed by atoms with Crippen LogP contribution < -0.4 is 5.32 Å². The van der Waals surface area contributed by atoms with Crippen molar-refractivity contribution in [2.45, 2.75) is 56.2 Å². The van der Waals surface area contributed by atoms with Gasteiger partial charge in [0.15, 0.2) is 0 Å². The molecule has 0 saturated heterocycles. The Bertz CT molecular complexity index is 301. The SMILES string of the molecule is CC(CO)(CCOC(C(F)(F)F)C(F)(F)F)NC1CC1. The van der Waals surface area contributed by atoms with Gasteiger partial charge in [0, 0.05) is 18.2 Å². The molecule has 0 heterocycles. The number of aliphatic hydroxyl groups is 1. The van der Waals surface area contributed by atoms with E-state index in [1.165, 1.54) is 6.92 Å². The first-order valence-corrected chi connectivity index (χ1v) is 6.11. The third-order valence-corrected chi connectivity index (χ3v) is 3.01. The summed E-state index contributed by atoms with van der Waals surface area (Å²) in [5, 5.41) is 12.2. The first-order valence-electron chi connectivity index (χ1n) is 6.11. The van der Waals surface area contributed by atoms with Crippen LogP contribution >= 0.6 is 0 Å². The third kappa shape index (κ3) is 5.45. The molecule has 2 N–H and O–H groups in total. The van der Waals surface area contributed by atoms with E-state index in [4.69, 9.17) is 0 Å². The number of ether oxygens (including phenoxy) is 1. The van der Waals surface area contributed by atoms with Crippen LogP contribution in [-0.2, 0) is 4.74 Å². The van der Waals surface area contributed by atoms with Crippen molar-refractivity contribution < 1.29 is 36.2 Å². The fourth-order valence-electron chi connectivity index (χ4n) is 1.69. The second-order valence-corrected chi connectivity index (χ2v) is 5.22. The Labute approximate surface area is 112 Å². The lowest BCUT2D eigenvalue weighted by Gasteiger charge is -2.30. The van der Waals surface area contributed by atoms with E-state index in [0.717, 1.165) is 12.8 Å². The number of nitrogens with one attached hydrogen (secondary N) is 1. The molecule has 0 amide bonds. The molecule has 0 radical (unpaired) electrons. The zero-order valence-electron chi connectivity index (χ0n) is 10.8. The molecule has 9 heteroatoms. The van der Waals surface area contributed by atoms with E-state index in [-0.39, 0.29) is 12.5 Å². The Balaban J connectivity index is 2.50. The highest BCUT2D eigenvalue weighted by molar-refractivity contribution is 4.92. The van der Waals surface area contributed by atoms with Crippen molar-refractivity contribution in [1.29, 1.82) is 0 Å². The van der Waals surface area contributed by atoms with Crippen molar-refractivity contribution >= 4 is 0 Å². The van der Waals surface area contributed by atoms with Crippen molar-refractivity contribution in [2.24, 2.45) is 0 Å². The van der Waals surface area contributed by atoms with Gasteiger partial charge in [0.2, 0.25) is 6.10 Å². The van der Waals surface area contributed by atoms with E-state index in [0.29, 0.717) is 0 Å². The third-order valence-electron chi connectivity index (χ3n) is 3.01. The normalized spacial score (nSPS) is 20.2. The molecule has 0 aromatic rings. The van der Waals surface area contributed by atoms with Gasteiger partial charge in [-0.25, -0.2) is 0 Å². The maximum atomic E-state index is 12.2.